The number of rotatable bonds is 5. The van der Waals surface area contributed by atoms with Gasteiger partial charge in [-0.2, -0.15) is 0 Å². The Kier molecular flexibility index (Phi) is 7.69. The Balaban J connectivity index is 0.00000242. The summed E-state index contributed by atoms with van der Waals surface area (Å²) in [5.41, 5.74) is 1.27. The van der Waals surface area contributed by atoms with Crippen LogP contribution in [0.1, 0.15) is 45.1 Å². The van der Waals surface area contributed by atoms with E-state index in [1.165, 1.54) is 5.56 Å². The third kappa shape index (κ3) is 5.85. The van der Waals surface area contributed by atoms with Crippen molar-refractivity contribution in [2.45, 2.75) is 51.6 Å². The second-order valence-corrected chi connectivity index (χ2v) is 6.16. The van der Waals surface area contributed by atoms with Crippen LogP contribution in [0.3, 0.4) is 0 Å². The minimum atomic E-state index is -0.0398. The molecular weight excluding hydrogens is 300 g/mol. The summed E-state index contributed by atoms with van der Waals surface area (Å²) in [7, 11) is 0. The van der Waals surface area contributed by atoms with Gasteiger partial charge in [0.05, 0.1) is 0 Å². The summed E-state index contributed by atoms with van der Waals surface area (Å²) in [6.07, 6.45) is 1.97. The molecule has 0 radical (unpaired) electrons. The van der Waals surface area contributed by atoms with Crippen molar-refractivity contribution in [3.05, 3.63) is 29.8 Å². The van der Waals surface area contributed by atoms with E-state index in [1.54, 1.807) is 0 Å². The van der Waals surface area contributed by atoms with Gasteiger partial charge < -0.3 is 15.4 Å². The van der Waals surface area contributed by atoms with Gasteiger partial charge in [-0.15, -0.1) is 12.4 Å². The highest BCUT2D eigenvalue weighted by atomic mass is 35.5. The van der Waals surface area contributed by atoms with Crippen molar-refractivity contribution in [1.29, 1.82) is 0 Å². The highest BCUT2D eigenvalue weighted by Gasteiger charge is 2.19. The number of halogens is 1. The molecule has 1 saturated heterocycles. The fourth-order valence-electron chi connectivity index (χ4n) is 2.63. The van der Waals surface area contributed by atoms with Crippen molar-refractivity contribution in [2.24, 2.45) is 0 Å². The van der Waals surface area contributed by atoms with E-state index in [0.29, 0.717) is 12.0 Å². The molecule has 1 aliphatic heterocycles. The van der Waals surface area contributed by atoms with Gasteiger partial charge in [-0.05, 0) is 49.9 Å². The van der Waals surface area contributed by atoms with Crippen LogP contribution in [0.5, 0.6) is 5.75 Å². The molecule has 2 unspecified atom stereocenters. The highest BCUT2D eigenvalue weighted by molar-refractivity contribution is 5.85. The molecule has 22 heavy (non-hydrogen) atoms. The molecule has 5 heteroatoms. The van der Waals surface area contributed by atoms with Crippen LogP contribution in [0.25, 0.3) is 0 Å². The molecule has 0 aliphatic carbocycles. The Morgan fingerprint density at radius 3 is 2.64 bits per heavy atom. The Bertz CT molecular complexity index is 462. The van der Waals surface area contributed by atoms with Gasteiger partial charge in [0, 0.05) is 12.1 Å². The van der Waals surface area contributed by atoms with Gasteiger partial charge in [-0.1, -0.05) is 26.0 Å². The number of nitrogens with one attached hydrogen (secondary N) is 2. The number of amides is 1. The maximum absolute atomic E-state index is 11.9. The zero-order valence-corrected chi connectivity index (χ0v) is 14.4. The van der Waals surface area contributed by atoms with Gasteiger partial charge in [0.15, 0.2) is 6.61 Å². The van der Waals surface area contributed by atoms with Crippen LogP contribution in [0.2, 0.25) is 0 Å². The molecule has 1 aromatic rings. The van der Waals surface area contributed by atoms with E-state index in [0.717, 1.165) is 25.1 Å². The molecule has 1 fully saturated rings. The maximum Gasteiger partial charge on any atom is 0.258 e. The van der Waals surface area contributed by atoms with Gasteiger partial charge >= 0.3 is 0 Å². The van der Waals surface area contributed by atoms with Crippen molar-refractivity contribution >= 4 is 18.3 Å². The molecule has 2 N–H and O–H groups in total. The van der Waals surface area contributed by atoms with Crippen LogP contribution < -0.4 is 15.4 Å². The third-order valence-corrected chi connectivity index (χ3v) is 3.91. The van der Waals surface area contributed by atoms with E-state index >= 15 is 0 Å². The maximum atomic E-state index is 11.9. The Labute approximate surface area is 139 Å². The minimum Gasteiger partial charge on any atom is -0.484 e. The Morgan fingerprint density at radius 1 is 1.36 bits per heavy atom. The zero-order valence-electron chi connectivity index (χ0n) is 13.6. The smallest absolute Gasteiger partial charge is 0.258 e. The number of benzene rings is 1. The summed E-state index contributed by atoms with van der Waals surface area (Å²) < 4.78 is 5.54. The average Bonchev–Trinajstić information content (AvgIpc) is 2.45. The second kappa shape index (κ2) is 9.01. The zero-order chi connectivity index (χ0) is 15.2. The fraction of sp³-hybridized carbons (Fsp3) is 0.588. The predicted molar refractivity (Wildman–Crippen MR) is 91.9 cm³/mol. The van der Waals surface area contributed by atoms with E-state index < -0.39 is 0 Å². The Hall–Kier alpha value is -1.26. The quantitative estimate of drug-likeness (QED) is 0.874. The summed E-state index contributed by atoms with van der Waals surface area (Å²) in [6, 6.07) is 8.68. The van der Waals surface area contributed by atoms with Crippen LogP contribution >= 0.6 is 12.4 Å². The molecule has 124 valence electrons. The van der Waals surface area contributed by atoms with Crippen molar-refractivity contribution in [1.82, 2.24) is 10.6 Å². The molecular formula is C17H27ClN2O2. The molecule has 1 aliphatic rings. The minimum absolute atomic E-state index is 0. The van der Waals surface area contributed by atoms with Gasteiger partial charge in [0.1, 0.15) is 5.75 Å². The molecule has 1 aromatic carbocycles. The number of hydrogen-bond donors (Lipinski definition) is 2. The molecule has 2 rings (SSSR count). The summed E-state index contributed by atoms with van der Waals surface area (Å²) in [4.78, 5) is 11.9. The summed E-state index contributed by atoms with van der Waals surface area (Å²) in [6.45, 7) is 7.50. The topological polar surface area (TPSA) is 50.4 Å². The molecule has 4 nitrogen and oxygen atoms in total. The second-order valence-electron chi connectivity index (χ2n) is 6.16. The first kappa shape index (κ1) is 18.8. The molecule has 0 bridgehead atoms. The molecule has 0 spiro atoms. The standard InChI is InChI=1S/C17H26N2O2.ClH/c1-12(2)14-4-6-16(7-5-14)21-11-17(20)19-15-8-9-18-13(3)10-15;/h4-7,12-13,15,18H,8-11H2,1-3H3,(H,19,20);1H. The van der Waals surface area contributed by atoms with E-state index in [-0.39, 0.29) is 31.0 Å². The molecule has 0 saturated carbocycles. The lowest BCUT2D eigenvalue weighted by Crippen LogP contribution is -2.47. The lowest BCUT2D eigenvalue weighted by molar-refractivity contribution is -0.124. The van der Waals surface area contributed by atoms with Gasteiger partial charge in [-0.25, -0.2) is 0 Å². The highest BCUT2D eigenvalue weighted by Crippen LogP contribution is 2.18. The number of piperidine rings is 1. The monoisotopic (exact) mass is 326 g/mol. The van der Waals surface area contributed by atoms with E-state index in [9.17, 15) is 4.79 Å². The van der Waals surface area contributed by atoms with Crippen LogP contribution in [0.15, 0.2) is 24.3 Å². The van der Waals surface area contributed by atoms with E-state index in [1.807, 2.05) is 24.3 Å². The average molecular weight is 327 g/mol. The van der Waals surface area contributed by atoms with Crippen LogP contribution in [0, 0.1) is 0 Å². The van der Waals surface area contributed by atoms with E-state index in [2.05, 4.69) is 31.4 Å². The molecule has 0 aromatic heterocycles. The molecule has 1 amide bonds. The first-order chi connectivity index (χ1) is 10.0. The van der Waals surface area contributed by atoms with Crippen LogP contribution in [-0.4, -0.2) is 31.1 Å². The van der Waals surface area contributed by atoms with Gasteiger partial charge in [0.25, 0.3) is 5.91 Å². The first-order valence-corrected chi connectivity index (χ1v) is 7.80. The number of hydrogen-bond acceptors (Lipinski definition) is 3. The number of carbonyl (C=O) groups is 1. The first-order valence-electron chi connectivity index (χ1n) is 7.80. The van der Waals surface area contributed by atoms with Crippen molar-refractivity contribution in [3.63, 3.8) is 0 Å². The van der Waals surface area contributed by atoms with Gasteiger partial charge in [-0.3, -0.25) is 4.79 Å². The Morgan fingerprint density at radius 2 is 2.05 bits per heavy atom. The molecule has 1 heterocycles. The van der Waals surface area contributed by atoms with Crippen LogP contribution in [-0.2, 0) is 4.79 Å². The summed E-state index contributed by atoms with van der Waals surface area (Å²) in [5, 5.41) is 6.42. The fourth-order valence-corrected chi connectivity index (χ4v) is 2.63. The predicted octanol–water partition coefficient (Wildman–Crippen LogP) is 2.87. The van der Waals surface area contributed by atoms with Gasteiger partial charge in [0.2, 0.25) is 0 Å². The summed E-state index contributed by atoms with van der Waals surface area (Å²) in [5.74, 6) is 1.21. The third-order valence-electron chi connectivity index (χ3n) is 3.91. The summed E-state index contributed by atoms with van der Waals surface area (Å²) >= 11 is 0. The van der Waals surface area contributed by atoms with Crippen LogP contribution in [0.4, 0.5) is 0 Å². The van der Waals surface area contributed by atoms with Crippen molar-refractivity contribution in [3.8, 4) is 5.75 Å². The SMILES string of the molecule is CC1CC(NC(=O)COc2ccc(C(C)C)cc2)CCN1.Cl. The van der Waals surface area contributed by atoms with Crippen molar-refractivity contribution < 1.29 is 9.53 Å². The van der Waals surface area contributed by atoms with Crippen molar-refractivity contribution in [2.75, 3.05) is 13.2 Å². The largest absolute Gasteiger partial charge is 0.484 e. The number of carbonyl (C=O) groups excluding carboxylic acids is 1. The molecule has 2 atom stereocenters. The number of ether oxygens (including phenoxy) is 1. The normalized spacial score (nSPS) is 21.1. The lowest BCUT2D eigenvalue weighted by atomic mass is 10.0. The van der Waals surface area contributed by atoms with E-state index in [4.69, 9.17) is 4.74 Å². The lowest BCUT2D eigenvalue weighted by Gasteiger charge is -2.28.